The highest BCUT2D eigenvalue weighted by Gasteiger charge is 2.22. The third-order valence-corrected chi connectivity index (χ3v) is 3.53. The van der Waals surface area contributed by atoms with Crippen LogP contribution in [0, 0.1) is 0 Å². The molecule has 1 heterocycles. The van der Waals surface area contributed by atoms with E-state index in [1.54, 1.807) is 0 Å². The maximum Gasteiger partial charge on any atom is 0.244 e. The first-order valence-electron chi connectivity index (χ1n) is 6.69. The minimum atomic E-state index is -0.277. The summed E-state index contributed by atoms with van der Waals surface area (Å²) < 4.78 is 4.33. The molecule has 0 aromatic carbocycles. The minimum Gasteiger partial charge on any atom is -0.349 e. The van der Waals surface area contributed by atoms with Gasteiger partial charge >= 0.3 is 0 Å². The fourth-order valence-corrected chi connectivity index (χ4v) is 2.49. The van der Waals surface area contributed by atoms with E-state index in [-0.39, 0.29) is 17.4 Å². The monoisotopic (exact) mass is 284 g/mol. The molecule has 1 aromatic rings. The van der Waals surface area contributed by atoms with Gasteiger partial charge in [0, 0.05) is 30.0 Å². The quantitative estimate of drug-likeness (QED) is 0.902. The molecule has 1 N–H and O–H groups in total. The summed E-state index contributed by atoms with van der Waals surface area (Å²) in [6.45, 7) is 13.5. The number of amides is 1. The normalized spacial score (nSPS) is 13.2. The first kappa shape index (κ1) is 15.9. The summed E-state index contributed by atoms with van der Waals surface area (Å²) in [5.41, 5.74) is -0.0669. The molecule has 1 atom stereocenters. The zero-order valence-corrected chi connectivity index (χ0v) is 13.5. The van der Waals surface area contributed by atoms with Gasteiger partial charge in [-0.1, -0.05) is 20.8 Å². The molecule has 0 fully saturated rings. The van der Waals surface area contributed by atoms with Gasteiger partial charge in [0.2, 0.25) is 11.0 Å². The van der Waals surface area contributed by atoms with Crippen LogP contribution in [-0.2, 0) is 10.2 Å². The van der Waals surface area contributed by atoms with E-state index in [4.69, 9.17) is 0 Å². The Hall–Kier alpha value is -1.17. The number of hydrogen-bond acceptors (Lipinski definition) is 5. The highest BCUT2D eigenvalue weighted by atomic mass is 32.1. The van der Waals surface area contributed by atoms with Crippen LogP contribution in [0.5, 0.6) is 0 Å². The number of aromatic nitrogens is 2. The molecular weight excluding hydrogens is 260 g/mol. The molecule has 0 aliphatic carbocycles. The summed E-state index contributed by atoms with van der Waals surface area (Å²) in [5, 5.41) is 3.84. The molecule has 1 amide bonds. The van der Waals surface area contributed by atoms with Crippen LogP contribution in [0.3, 0.4) is 0 Å². The lowest BCUT2D eigenvalue weighted by atomic mass is 9.96. The summed E-state index contributed by atoms with van der Waals surface area (Å²) in [6.07, 6.45) is 0. The number of hydrogen-bond donors (Lipinski definition) is 1. The van der Waals surface area contributed by atoms with Gasteiger partial charge in [0.05, 0.1) is 0 Å². The number of anilines is 1. The standard InChI is InChI=1S/C13H24N4OS/c1-7-17(8-2)10(18)9(3)14-12-15-11(16-19-12)13(4,5)6/h9H,7-8H2,1-6H3,(H,14,15,16). The number of nitrogens with zero attached hydrogens (tertiary/aromatic N) is 3. The molecule has 0 aliphatic rings. The Labute approximate surface area is 119 Å². The molecule has 0 radical (unpaired) electrons. The van der Waals surface area contributed by atoms with Crippen LogP contribution < -0.4 is 5.32 Å². The Morgan fingerprint density at radius 2 is 1.95 bits per heavy atom. The van der Waals surface area contributed by atoms with Crippen LogP contribution in [0.4, 0.5) is 5.13 Å². The van der Waals surface area contributed by atoms with Gasteiger partial charge in [0.25, 0.3) is 0 Å². The molecule has 0 bridgehead atoms. The third kappa shape index (κ3) is 4.16. The highest BCUT2D eigenvalue weighted by Crippen LogP contribution is 2.23. The molecule has 19 heavy (non-hydrogen) atoms. The van der Waals surface area contributed by atoms with Crippen LogP contribution >= 0.6 is 11.5 Å². The van der Waals surface area contributed by atoms with Crippen molar-refractivity contribution in [3.05, 3.63) is 5.82 Å². The molecule has 6 heteroatoms. The first-order chi connectivity index (χ1) is 8.79. The van der Waals surface area contributed by atoms with Crippen molar-refractivity contribution >= 4 is 22.6 Å². The lowest BCUT2D eigenvalue weighted by Gasteiger charge is -2.23. The zero-order chi connectivity index (χ0) is 14.6. The van der Waals surface area contributed by atoms with Crippen molar-refractivity contribution in [1.82, 2.24) is 14.3 Å². The second kappa shape index (κ2) is 6.32. The Kier molecular flexibility index (Phi) is 5.29. The second-order valence-electron chi connectivity index (χ2n) is 5.55. The van der Waals surface area contributed by atoms with Crippen molar-refractivity contribution < 1.29 is 4.79 Å². The van der Waals surface area contributed by atoms with Crippen LogP contribution in [-0.4, -0.2) is 39.3 Å². The molecule has 1 aromatic heterocycles. The number of carbonyl (C=O) groups is 1. The van der Waals surface area contributed by atoms with Gasteiger partial charge < -0.3 is 10.2 Å². The topological polar surface area (TPSA) is 58.1 Å². The number of likely N-dealkylation sites (N-methyl/N-ethyl adjacent to an activating group) is 1. The fourth-order valence-electron chi connectivity index (χ4n) is 1.64. The zero-order valence-electron chi connectivity index (χ0n) is 12.6. The van der Waals surface area contributed by atoms with E-state index in [1.165, 1.54) is 11.5 Å². The van der Waals surface area contributed by atoms with Crippen LogP contribution in [0.25, 0.3) is 0 Å². The highest BCUT2D eigenvalue weighted by molar-refractivity contribution is 7.09. The van der Waals surface area contributed by atoms with Crippen molar-refractivity contribution in [2.24, 2.45) is 0 Å². The second-order valence-corrected chi connectivity index (χ2v) is 6.30. The Morgan fingerprint density at radius 1 is 1.37 bits per heavy atom. The summed E-state index contributed by atoms with van der Waals surface area (Å²) in [7, 11) is 0. The summed E-state index contributed by atoms with van der Waals surface area (Å²) in [6, 6.07) is -0.277. The molecule has 0 saturated carbocycles. The summed E-state index contributed by atoms with van der Waals surface area (Å²) in [5.74, 6) is 0.903. The van der Waals surface area contributed by atoms with Gasteiger partial charge in [-0.15, -0.1) is 0 Å². The minimum absolute atomic E-state index is 0.0669. The molecule has 108 valence electrons. The first-order valence-corrected chi connectivity index (χ1v) is 7.46. The van der Waals surface area contributed by atoms with Crippen molar-refractivity contribution in [3.63, 3.8) is 0 Å². The number of rotatable bonds is 5. The maximum absolute atomic E-state index is 12.1. The van der Waals surface area contributed by atoms with Gasteiger partial charge in [-0.05, 0) is 20.8 Å². The lowest BCUT2D eigenvalue weighted by molar-refractivity contribution is -0.131. The Morgan fingerprint density at radius 3 is 2.37 bits per heavy atom. The fraction of sp³-hybridized carbons (Fsp3) is 0.769. The van der Waals surface area contributed by atoms with Crippen LogP contribution in [0.2, 0.25) is 0 Å². The van der Waals surface area contributed by atoms with Crippen molar-refractivity contribution in [2.45, 2.75) is 53.0 Å². The van der Waals surface area contributed by atoms with Crippen LogP contribution in [0.15, 0.2) is 0 Å². The van der Waals surface area contributed by atoms with Gasteiger partial charge in [-0.3, -0.25) is 4.79 Å². The van der Waals surface area contributed by atoms with Gasteiger partial charge in [0.15, 0.2) is 0 Å². The summed E-state index contributed by atoms with van der Waals surface area (Å²) >= 11 is 1.31. The van der Waals surface area contributed by atoms with Gasteiger partial charge in [-0.2, -0.15) is 4.37 Å². The third-order valence-electron chi connectivity index (χ3n) is 2.88. The van der Waals surface area contributed by atoms with E-state index in [0.717, 1.165) is 18.9 Å². The Balaban J connectivity index is 2.69. The molecular formula is C13H24N4OS. The largest absolute Gasteiger partial charge is 0.349 e. The maximum atomic E-state index is 12.1. The molecule has 5 nitrogen and oxygen atoms in total. The van der Waals surface area contributed by atoms with Crippen molar-refractivity contribution in [1.29, 1.82) is 0 Å². The van der Waals surface area contributed by atoms with E-state index in [2.05, 4.69) is 35.4 Å². The SMILES string of the molecule is CCN(CC)C(=O)C(C)Nc1nc(C(C)(C)C)ns1. The van der Waals surface area contributed by atoms with E-state index in [0.29, 0.717) is 5.13 Å². The molecule has 1 unspecified atom stereocenters. The van der Waals surface area contributed by atoms with Crippen LogP contribution in [0.1, 0.15) is 47.4 Å². The van der Waals surface area contributed by atoms with Crippen molar-refractivity contribution in [2.75, 3.05) is 18.4 Å². The molecule has 0 saturated heterocycles. The van der Waals surface area contributed by atoms with E-state index in [1.807, 2.05) is 25.7 Å². The van der Waals surface area contributed by atoms with E-state index < -0.39 is 0 Å². The average Bonchev–Trinajstić information content (AvgIpc) is 2.78. The number of nitrogens with one attached hydrogen (secondary N) is 1. The molecule has 0 spiro atoms. The van der Waals surface area contributed by atoms with Crippen molar-refractivity contribution in [3.8, 4) is 0 Å². The van der Waals surface area contributed by atoms with Gasteiger partial charge in [-0.25, -0.2) is 4.98 Å². The average molecular weight is 284 g/mol. The number of carbonyl (C=O) groups excluding carboxylic acids is 1. The predicted octanol–water partition coefficient (Wildman–Crippen LogP) is 2.50. The van der Waals surface area contributed by atoms with E-state index >= 15 is 0 Å². The van der Waals surface area contributed by atoms with Gasteiger partial charge in [0.1, 0.15) is 11.9 Å². The molecule has 1 rings (SSSR count). The lowest BCUT2D eigenvalue weighted by Crippen LogP contribution is -2.41. The Bertz CT molecular complexity index is 421. The predicted molar refractivity (Wildman–Crippen MR) is 79.6 cm³/mol. The van der Waals surface area contributed by atoms with E-state index in [9.17, 15) is 4.79 Å². The smallest absolute Gasteiger partial charge is 0.244 e. The summed E-state index contributed by atoms with van der Waals surface area (Å²) in [4.78, 5) is 18.4. The molecule has 0 aliphatic heterocycles.